The largest absolute Gasteiger partial charge is 0.496 e. The van der Waals surface area contributed by atoms with E-state index >= 15 is 0 Å². The SMILES string of the molecule is COC(=O)CSc1nc(-c2ccc(C)cc2)cc(-c2ccccc2OC)c1C#N. The van der Waals surface area contributed by atoms with Crippen molar-refractivity contribution in [2.45, 2.75) is 11.9 Å². The minimum atomic E-state index is -0.375. The van der Waals surface area contributed by atoms with Gasteiger partial charge in [-0.3, -0.25) is 4.79 Å². The Morgan fingerprint density at radius 2 is 1.83 bits per heavy atom. The number of methoxy groups -OCH3 is 2. The number of nitriles is 1. The van der Waals surface area contributed by atoms with Crippen LogP contribution in [-0.4, -0.2) is 30.9 Å². The zero-order valence-electron chi connectivity index (χ0n) is 16.4. The molecule has 0 saturated heterocycles. The zero-order chi connectivity index (χ0) is 20.8. The Balaban J connectivity index is 2.22. The Morgan fingerprint density at radius 1 is 1.10 bits per heavy atom. The van der Waals surface area contributed by atoms with Crippen molar-refractivity contribution in [3.63, 3.8) is 0 Å². The third kappa shape index (κ3) is 4.58. The van der Waals surface area contributed by atoms with Crippen LogP contribution in [0.1, 0.15) is 11.1 Å². The Hall–Kier alpha value is -3.30. The number of nitrogens with zero attached hydrogens (tertiary/aromatic N) is 2. The van der Waals surface area contributed by atoms with Gasteiger partial charge in [0.25, 0.3) is 0 Å². The van der Waals surface area contributed by atoms with Crippen LogP contribution >= 0.6 is 11.8 Å². The van der Waals surface area contributed by atoms with E-state index in [9.17, 15) is 10.1 Å². The molecule has 0 radical (unpaired) electrons. The molecule has 0 aliphatic rings. The molecule has 3 aromatic rings. The molecule has 0 saturated carbocycles. The normalized spacial score (nSPS) is 10.3. The van der Waals surface area contributed by atoms with Crippen LogP contribution in [0, 0.1) is 18.3 Å². The summed E-state index contributed by atoms with van der Waals surface area (Å²) in [4.78, 5) is 16.3. The second-order valence-corrected chi connectivity index (χ2v) is 7.24. The van der Waals surface area contributed by atoms with Crippen LogP contribution in [0.5, 0.6) is 5.75 Å². The van der Waals surface area contributed by atoms with Gasteiger partial charge in [-0.15, -0.1) is 0 Å². The number of hydrogen-bond acceptors (Lipinski definition) is 6. The van der Waals surface area contributed by atoms with Gasteiger partial charge in [0.15, 0.2) is 0 Å². The number of carbonyl (C=O) groups is 1. The van der Waals surface area contributed by atoms with E-state index in [1.165, 1.54) is 18.9 Å². The molecule has 0 amide bonds. The van der Waals surface area contributed by atoms with Gasteiger partial charge in [0.05, 0.1) is 31.2 Å². The Labute approximate surface area is 174 Å². The maximum absolute atomic E-state index is 11.7. The fourth-order valence-corrected chi connectivity index (χ4v) is 3.71. The van der Waals surface area contributed by atoms with Gasteiger partial charge in [0.2, 0.25) is 0 Å². The van der Waals surface area contributed by atoms with Crippen LogP contribution in [0.3, 0.4) is 0 Å². The third-order valence-electron chi connectivity index (χ3n) is 4.40. The number of esters is 1. The molecule has 1 heterocycles. The van der Waals surface area contributed by atoms with E-state index in [2.05, 4.69) is 11.1 Å². The average molecular weight is 404 g/mol. The minimum absolute atomic E-state index is 0.0703. The predicted octanol–water partition coefficient (Wildman–Crippen LogP) is 4.87. The van der Waals surface area contributed by atoms with E-state index in [0.29, 0.717) is 21.9 Å². The van der Waals surface area contributed by atoms with Gasteiger partial charge in [-0.25, -0.2) is 4.98 Å². The summed E-state index contributed by atoms with van der Waals surface area (Å²) in [6.45, 7) is 2.02. The van der Waals surface area contributed by atoms with Crippen LogP contribution in [0.4, 0.5) is 0 Å². The first-order valence-corrected chi connectivity index (χ1v) is 9.91. The highest BCUT2D eigenvalue weighted by atomic mass is 32.2. The van der Waals surface area contributed by atoms with Crippen LogP contribution in [0.15, 0.2) is 59.6 Å². The fourth-order valence-electron chi connectivity index (χ4n) is 2.87. The van der Waals surface area contributed by atoms with Crippen molar-refractivity contribution in [1.82, 2.24) is 4.98 Å². The van der Waals surface area contributed by atoms with Gasteiger partial charge in [-0.2, -0.15) is 5.26 Å². The average Bonchev–Trinajstić information content (AvgIpc) is 2.77. The number of carbonyl (C=O) groups excluding carboxylic acids is 1. The van der Waals surface area contributed by atoms with Crippen molar-refractivity contribution in [3.05, 3.63) is 65.7 Å². The molecular formula is C23H20N2O3S. The molecule has 0 fully saturated rings. The quantitative estimate of drug-likeness (QED) is 0.431. The highest BCUT2D eigenvalue weighted by Gasteiger charge is 2.19. The van der Waals surface area contributed by atoms with Crippen molar-refractivity contribution >= 4 is 17.7 Å². The molecule has 0 bridgehead atoms. The highest BCUT2D eigenvalue weighted by molar-refractivity contribution is 7.99. The molecule has 29 heavy (non-hydrogen) atoms. The van der Waals surface area contributed by atoms with E-state index in [1.54, 1.807) is 7.11 Å². The molecule has 0 aliphatic carbocycles. The molecule has 1 aromatic heterocycles. The number of pyridine rings is 1. The van der Waals surface area contributed by atoms with Crippen molar-refractivity contribution in [2.75, 3.05) is 20.0 Å². The molecule has 146 valence electrons. The maximum atomic E-state index is 11.7. The molecule has 5 nitrogen and oxygen atoms in total. The summed E-state index contributed by atoms with van der Waals surface area (Å²) >= 11 is 1.19. The van der Waals surface area contributed by atoms with Crippen LogP contribution in [0.2, 0.25) is 0 Å². The summed E-state index contributed by atoms with van der Waals surface area (Å²) in [7, 11) is 2.93. The van der Waals surface area contributed by atoms with Gasteiger partial charge in [-0.1, -0.05) is 59.8 Å². The van der Waals surface area contributed by atoms with Gasteiger partial charge in [-0.05, 0) is 19.1 Å². The van der Waals surface area contributed by atoms with Gasteiger partial charge >= 0.3 is 5.97 Å². The van der Waals surface area contributed by atoms with Gasteiger partial charge in [0.1, 0.15) is 16.8 Å². The van der Waals surface area contributed by atoms with Crippen molar-refractivity contribution in [1.29, 1.82) is 5.26 Å². The first kappa shape index (κ1) is 20.4. The first-order chi connectivity index (χ1) is 14.1. The Kier molecular flexibility index (Phi) is 6.53. The minimum Gasteiger partial charge on any atom is -0.496 e. The topological polar surface area (TPSA) is 72.2 Å². The summed E-state index contributed by atoms with van der Waals surface area (Å²) in [5.74, 6) is 0.357. The van der Waals surface area contributed by atoms with Crippen molar-refractivity contribution in [3.8, 4) is 34.2 Å². The summed E-state index contributed by atoms with van der Waals surface area (Å²) < 4.78 is 10.2. The first-order valence-electron chi connectivity index (χ1n) is 8.92. The van der Waals surface area contributed by atoms with Crippen LogP contribution in [-0.2, 0) is 9.53 Å². The molecule has 0 spiro atoms. The lowest BCUT2D eigenvalue weighted by Crippen LogP contribution is -2.05. The summed E-state index contributed by atoms with van der Waals surface area (Å²) in [6.07, 6.45) is 0. The number of aromatic nitrogens is 1. The molecule has 3 rings (SSSR count). The molecule has 0 unspecified atom stereocenters. The van der Waals surface area contributed by atoms with E-state index < -0.39 is 0 Å². The second-order valence-electron chi connectivity index (χ2n) is 6.28. The maximum Gasteiger partial charge on any atom is 0.316 e. The molecule has 2 aromatic carbocycles. The van der Waals surface area contributed by atoms with Gasteiger partial charge < -0.3 is 9.47 Å². The Morgan fingerprint density at radius 3 is 2.48 bits per heavy atom. The number of aryl methyl sites for hydroxylation is 1. The van der Waals surface area contributed by atoms with Crippen molar-refractivity contribution in [2.24, 2.45) is 0 Å². The summed E-state index contributed by atoms with van der Waals surface area (Å²) in [6, 6.07) is 19.7. The van der Waals surface area contributed by atoms with Gasteiger partial charge in [0, 0.05) is 16.7 Å². The number of hydrogen-bond donors (Lipinski definition) is 0. The van der Waals surface area contributed by atoms with E-state index in [1.807, 2.05) is 61.5 Å². The Bertz CT molecular complexity index is 1070. The van der Waals surface area contributed by atoms with Crippen LogP contribution in [0.25, 0.3) is 22.4 Å². The van der Waals surface area contributed by atoms with Crippen molar-refractivity contribution < 1.29 is 14.3 Å². The van der Waals surface area contributed by atoms with E-state index in [4.69, 9.17) is 9.47 Å². The number of ether oxygens (including phenoxy) is 2. The molecule has 0 aliphatic heterocycles. The molecular weight excluding hydrogens is 384 g/mol. The standard InChI is InChI=1S/C23H20N2O3S/c1-15-8-10-16(11-9-15)20-12-18(17-6-4-5-7-21(17)27-2)19(13-24)23(25-20)29-14-22(26)28-3/h4-12H,14H2,1-3H3. The van der Waals surface area contributed by atoms with Crippen LogP contribution < -0.4 is 4.74 Å². The lowest BCUT2D eigenvalue weighted by atomic mass is 9.98. The molecule has 0 N–H and O–H groups in total. The summed E-state index contributed by atoms with van der Waals surface area (Å²) in [5, 5.41) is 10.4. The smallest absolute Gasteiger partial charge is 0.316 e. The molecule has 0 atom stereocenters. The number of para-hydroxylation sites is 1. The summed E-state index contributed by atoms with van der Waals surface area (Å²) in [5.41, 5.74) is 4.70. The third-order valence-corrected chi connectivity index (χ3v) is 5.35. The molecule has 6 heteroatoms. The lowest BCUT2D eigenvalue weighted by molar-refractivity contribution is -0.137. The monoisotopic (exact) mass is 404 g/mol. The lowest BCUT2D eigenvalue weighted by Gasteiger charge is -2.14. The highest BCUT2D eigenvalue weighted by Crippen LogP contribution is 2.38. The number of benzene rings is 2. The van der Waals surface area contributed by atoms with E-state index in [0.717, 1.165) is 22.4 Å². The zero-order valence-corrected chi connectivity index (χ0v) is 17.2. The fraction of sp³-hybridized carbons (Fsp3) is 0.174. The number of thioether (sulfide) groups is 1. The van der Waals surface area contributed by atoms with E-state index in [-0.39, 0.29) is 11.7 Å². The number of rotatable bonds is 6. The predicted molar refractivity (Wildman–Crippen MR) is 114 cm³/mol. The second kappa shape index (κ2) is 9.26.